The van der Waals surface area contributed by atoms with Crippen LogP contribution in [0.4, 0.5) is 0 Å². The van der Waals surface area contributed by atoms with E-state index >= 15 is 0 Å². The summed E-state index contributed by atoms with van der Waals surface area (Å²) in [6.07, 6.45) is 0. The highest BCUT2D eigenvalue weighted by molar-refractivity contribution is 7.91. The van der Waals surface area contributed by atoms with E-state index in [9.17, 15) is 8.42 Å². The number of hydrogen-bond donors (Lipinski definition) is 0. The molecule has 0 bridgehead atoms. The Kier molecular flexibility index (Phi) is 3.35. The van der Waals surface area contributed by atoms with Crippen molar-refractivity contribution in [3.05, 3.63) is 60.7 Å². The summed E-state index contributed by atoms with van der Waals surface area (Å²) in [4.78, 5) is 4.50. The van der Waals surface area contributed by atoms with Gasteiger partial charge in [-0.25, -0.2) is 13.4 Å². The van der Waals surface area contributed by atoms with Crippen molar-refractivity contribution in [2.24, 2.45) is 0 Å². The van der Waals surface area contributed by atoms with Crippen LogP contribution in [-0.4, -0.2) is 20.5 Å². The third-order valence-electron chi connectivity index (χ3n) is 3.20. The number of methoxy groups -OCH3 is 1. The van der Waals surface area contributed by atoms with Gasteiger partial charge in [-0.3, -0.25) is 0 Å². The average molecular weight is 299 g/mol. The SMILES string of the molecule is COc1ccc2nc(S(=O)(=O)c3ccccc3)ccc2c1. The molecule has 4 nitrogen and oxygen atoms in total. The van der Waals surface area contributed by atoms with Crippen molar-refractivity contribution in [3.63, 3.8) is 0 Å². The number of benzene rings is 2. The van der Waals surface area contributed by atoms with E-state index in [1.165, 1.54) is 6.07 Å². The maximum atomic E-state index is 12.5. The van der Waals surface area contributed by atoms with Gasteiger partial charge in [0.1, 0.15) is 5.75 Å². The maximum absolute atomic E-state index is 12.5. The molecular weight excluding hydrogens is 286 g/mol. The first-order valence-corrected chi connectivity index (χ1v) is 7.84. The number of fused-ring (bicyclic) bond motifs is 1. The largest absolute Gasteiger partial charge is 0.497 e. The fraction of sp³-hybridized carbons (Fsp3) is 0.0625. The fourth-order valence-electron chi connectivity index (χ4n) is 2.08. The van der Waals surface area contributed by atoms with Gasteiger partial charge in [-0.1, -0.05) is 18.2 Å². The molecule has 0 fully saturated rings. The number of hydrogen-bond acceptors (Lipinski definition) is 4. The lowest BCUT2D eigenvalue weighted by molar-refractivity contribution is 0.415. The van der Waals surface area contributed by atoms with Crippen molar-refractivity contribution >= 4 is 20.7 Å². The van der Waals surface area contributed by atoms with Gasteiger partial charge in [0.05, 0.1) is 17.5 Å². The third kappa shape index (κ3) is 2.48. The summed E-state index contributed by atoms with van der Waals surface area (Å²) >= 11 is 0. The van der Waals surface area contributed by atoms with Gasteiger partial charge >= 0.3 is 0 Å². The Bertz CT molecular complexity index is 890. The summed E-state index contributed by atoms with van der Waals surface area (Å²) in [6.45, 7) is 0. The molecule has 0 radical (unpaired) electrons. The van der Waals surface area contributed by atoms with Crippen molar-refractivity contribution in [3.8, 4) is 5.75 Å². The molecule has 0 saturated heterocycles. The summed E-state index contributed by atoms with van der Waals surface area (Å²) in [5.41, 5.74) is 0.618. The van der Waals surface area contributed by atoms with Gasteiger partial charge in [0, 0.05) is 5.39 Å². The second-order valence-corrected chi connectivity index (χ2v) is 6.42. The molecule has 0 aliphatic carbocycles. The van der Waals surface area contributed by atoms with Crippen LogP contribution in [0, 0.1) is 0 Å². The van der Waals surface area contributed by atoms with Crippen LogP contribution in [0.2, 0.25) is 0 Å². The van der Waals surface area contributed by atoms with Crippen LogP contribution in [0.25, 0.3) is 10.9 Å². The topological polar surface area (TPSA) is 56.3 Å². The van der Waals surface area contributed by atoms with Crippen LogP contribution in [-0.2, 0) is 9.84 Å². The lowest BCUT2D eigenvalue weighted by Crippen LogP contribution is -2.04. The van der Waals surface area contributed by atoms with Gasteiger partial charge in [0.2, 0.25) is 9.84 Å². The smallest absolute Gasteiger partial charge is 0.223 e. The van der Waals surface area contributed by atoms with Gasteiger partial charge in [0.25, 0.3) is 0 Å². The summed E-state index contributed by atoms with van der Waals surface area (Å²) in [5.74, 6) is 0.711. The second-order valence-electron chi connectivity index (χ2n) is 4.52. The van der Waals surface area contributed by atoms with E-state index in [1.54, 1.807) is 55.6 Å². The molecule has 5 heteroatoms. The van der Waals surface area contributed by atoms with Crippen LogP contribution in [0.15, 0.2) is 70.6 Å². The molecule has 2 aromatic carbocycles. The molecule has 1 aromatic heterocycles. The molecule has 106 valence electrons. The average Bonchev–Trinajstić information content (AvgIpc) is 2.54. The molecule has 0 aliphatic heterocycles. The van der Waals surface area contributed by atoms with Crippen molar-refractivity contribution in [2.45, 2.75) is 9.92 Å². The van der Waals surface area contributed by atoms with E-state index in [0.29, 0.717) is 11.3 Å². The van der Waals surface area contributed by atoms with Crippen LogP contribution >= 0.6 is 0 Å². The molecule has 0 amide bonds. The summed E-state index contributed by atoms with van der Waals surface area (Å²) in [6, 6.07) is 16.9. The molecule has 0 N–H and O–H groups in total. The molecule has 0 unspecified atom stereocenters. The van der Waals surface area contributed by atoms with Gasteiger partial charge < -0.3 is 4.74 Å². The predicted octanol–water partition coefficient (Wildman–Crippen LogP) is 3.08. The van der Waals surface area contributed by atoms with Gasteiger partial charge in [0.15, 0.2) is 5.03 Å². The molecular formula is C16H13NO3S. The van der Waals surface area contributed by atoms with Crippen LogP contribution in [0.1, 0.15) is 0 Å². The highest BCUT2D eigenvalue weighted by Crippen LogP contribution is 2.24. The first-order chi connectivity index (χ1) is 10.1. The minimum Gasteiger partial charge on any atom is -0.497 e. The molecule has 0 spiro atoms. The third-order valence-corrected chi connectivity index (χ3v) is 4.87. The zero-order chi connectivity index (χ0) is 14.9. The monoisotopic (exact) mass is 299 g/mol. The van der Waals surface area contributed by atoms with Crippen LogP contribution < -0.4 is 4.74 Å². The minimum absolute atomic E-state index is 0.0476. The molecule has 21 heavy (non-hydrogen) atoms. The van der Waals surface area contributed by atoms with Gasteiger partial charge in [-0.05, 0) is 42.5 Å². The standard InChI is InChI=1S/C16H13NO3S/c1-20-13-8-9-15-12(11-13)7-10-16(17-15)21(18,19)14-5-3-2-4-6-14/h2-11H,1H3. The molecule has 0 aliphatic rings. The first kappa shape index (κ1) is 13.6. The van der Waals surface area contributed by atoms with Crippen LogP contribution in [0.3, 0.4) is 0 Å². The number of sulfone groups is 1. The highest BCUT2D eigenvalue weighted by atomic mass is 32.2. The van der Waals surface area contributed by atoms with Gasteiger partial charge in [-0.15, -0.1) is 0 Å². The Hall–Kier alpha value is -2.40. The van der Waals surface area contributed by atoms with Crippen LogP contribution in [0.5, 0.6) is 5.75 Å². The molecule has 1 heterocycles. The van der Waals surface area contributed by atoms with E-state index in [-0.39, 0.29) is 9.92 Å². The van der Waals surface area contributed by atoms with Crippen molar-refractivity contribution in [1.82, 2.24) is 4.98 Å². The Morgan fingerprint density at radius 2 is 1.71 bits per heavy atom. The molecule has 0 atom stereocenters. The van der Waals surface area contributed by atoms with E-state index in [1.807, 2.05) is 6.07 Å². The molecule has 3 aromatic rings. The van der Waals surface area contributed by atoms with Crippen molar-refractivity contribution in [1.29, 1.82) is 0 Å². The maximum Gasteiger partial charge on any atom is 0.223 e. The normalized spacial score (nSPS) is 11.5. The minimum atomic E-state index is -3.59. The summed E-state index contributed by atoms with van der Waals surface area (Å²) < 4.78 is 30.2. The Labute approximate surface area is 122 Å². The quantitative estimate of drug-likeness (QED) is 0.746. The number of rotatable bonds is 3. The Morgan fingerprint density at radius 3 is 2.43 bits per heavy atom. The second kappa shape index (κ2) is 5.18. The number of ether oxygens (including phenoxy) is 1. The number of pyridine rings is 1. The summed E-state index contributed by atoms with van der Waals surface area (Å²) in [7, 11) is -2.00. The fourth-order valence-corrected chi connectivity index (χ4v) is 3.30. The zero-order valence-electron chi connectivity index (χ0n) is 11.4. The van der Waals surface area contributed by atoms with E-state index in [2.05, 4.69) is 4.98 Å². The lowest BCUT2D eigenvalue weighted by Gasteiger charge is -2.06. The van der Waals surface area contributed by atoms with E-state index in [0.717, 1.165) is 5.39 Å². The van der Waals surface area contributed by atoms with Crippen molar-refractivity contribution < 1.29 is 13.2 Å². The Balaban J connectivity index is 2.13. The Morgan fingerprint density at radius 1 is 0.952 bits per heavy atom. The van der Waals surface area contributed by atoms with Gasteiger partial charge in [-0.2, -0.15) is 0 Å². The van der Waals surface area contributed by atoms with Crippen molar-refractivity contribution in [2.75, 3.05) is 7.11 Å². The first-order valence-electron chi connectivity index (χ1n) is 6.36. The zero-order valence-corrected chi connectivity index (χ0v) is 12.2. The number of nitrogens with zero attached hydrogens (tertiary/aromatic N) is 1. The molecule has 3 rings (SSSR count). The van der Waals surface area contributed by atoms with E-state index in [4.69, 9.17) is 4.74 Å². The summed E-state index contributed by atoms with van der Waals surface area (Å²) in [5, 5.41) is 0.882. The predicted molar refractivity (Wildman–Crippen MR) is 80.2 cm³/mol. The lowest BCUT2D eigenvalue weighted by atomic mass is 10.2. The molecule has 0 saturated carbocycles. The highest BCUT2D eigenvalue weighted by Gasteiger charge is 2.19. The van der Waals surface area contributed by atoms with E-state index < -0.39 is 9.84 Å². The number of aromatic nitrogens is 1.